The van der Waals surface area contributed by atoms with Crippen LogP contribution in [0.15, 0.2) is 11.1 Å². The lowest BCUT2D eigenvalue weighted by atomic mass is 10.0. The molecule has 2 heteroatoms. The summed E-state index contributed by atoms with van der Waals surface area (Å²) < 4.78 is 5.31. The van der Waals surface area contributed by atoms with Gasteiger partial charge in [-0.1, -0.05) is 11.1 Å². The summed E-state index contributed by atoms with van der Waals surface area (Å²) in [6.07, 6.45) is 2.28. The monoisotopic (exact) mass is 169 g/mol. The van der Waals surface area contributed by atoms with Gasteiger partial charge in [-0.05, 0) is 33.9 Å². The van der Waals surface area contributed by atoms with E-state index in [1.807, 2.05) is 0 Å². The average Bonchev–Trinajstić information content (AvgIpc) is 2.05. The normalized spacial score (nSPS) is 18.5. The van der Waals surface area contributed by atoms with E-state index in [4.69, 9.17) is 4.74 Å². The minimum atomic E-state index is 0.917. The molecule has 0 unspecified atom stereocenters. The van der Waals surface area contributed by atoms with Crippen molar-refractivity contribution < 1.29 is 4.74 Å². The maximum atomic E-state index is 5.31. The fourth-order valence-corrected chi connectivity index (χ4v) is 1.63. The third kappa shape index (κ3) is 2.95. The Bertz CT molecular complexity index is 165. The predicted octanol–water partition coefficient (Wildman–Crippen LogP) is 1.67. The molecular formula is C10H19NO. The third-order valence-corrected chi connectivity index (χ3v) is 2.25. The first-order valence-electron chi connectivity index (χ1n) is 4.60. The molecule has 0 radical (unpaired) electrons. The van der Waals surface area contributed by atoms with Crippen LogP contribution >= 0.6 is 0 Å². The highest BCUT2D eigenvalue weighted by molar-refractivity contribution is 5.14. The van der Waals surface area contributed by atoms with Crippen molar-refractivity contribution in [3.05, 3.63) is 11.1 Å². The molecule has 1 heterocycles. The van der Waals surface area contributed by atoms with Gasteiger partial charge in [-0.15, -0.1) is 0 Å². The van der Waals surface area contributed by atoms with E-state index in [1.54, 1.807) is 5.57 Å². The summed E-state index contributed by atoms with van der Waals surface area (Å²) in [4.78, 5) is 2.22. The smallest absolute Gasteiger partial charge is 0.0503 e. The van der Waals surface area contributed by atoms with Gasteiger partial charge in [-0.3, -0.25) is 0 Å². The largest absolute Gasteiger partial charge is 0.381 e. The summed E-state index contributed by atoms with van der Waals surface area (Å²) in [6, 6.07) is 0. The van der Waals surface area contributed by atoms with Gasteiger partial charge in [-0.25, -0.2) is 0 Å². The highest BCUT2D eigenvalue weighted by Gasteiger charge is 2.08. The minimum Gasteiger partial charge on any atom is -0.381 e. The summed E-state index contributed by atoms with van der Waals surface area (Å²) in [6.45, 7) is 5.16. The van der Waals surface area contributed by atoms with Gasteiger partial charge in [-0.2, -0.15) is 0 Å². The first-order chi connectivity index (χ1) is 5.70. The van der Waals surface area contributed by atoms with Gasteiger partial charge >= 0.3 is 0 Å². The molecule has 0 bridgehead atoms. The average molecular weight is 169 g/mol. The summed E-state index contributed by atoms with van der Waals surface area (Å²) >= 11 is 0. The van der Waals surface area contributed by atoms with E-state index in [-0.39, 0.29) is 0 Å². The molecule has 70 valence electrons. The Balaban J connectivity index is 2.48. The van der Waals surface area contributed by atoms with Gasteiger partial charge in [0.1, 0.15) is 0 Å². The first kappa shape index (κ1) is 9.75. The van der Waals surface area contributed by atoms with Gasteiger partial charge in [0.05, 0.1) is 13.2 Å². The lowest BCUT2D eigenvalue weighted by Gasteiger charge is -2.19. The van der Waals surface area contributed by atoms with Crippen LogP contribution in [-0.2, 0) is 4.74 Å². The van der Waals surface area contributed by atoms with Crippen molar-refractivity contribution in [2.24, 2.45) is 0 Å². The molecule has 0 amide bonds. The van der Waals surface area contributed by atoms with Crippen molar-refractivity contribution in [3.63, 3.8) is 0 Å². The molecule has 2 nitrogen and oxygen atoms in total. The maximum Gasteiger partial charge on any atom is 0.0503 e. The Hall–Kier alpha value is -0.340. The molecule has 0 aromatic heterocycles. The number of rotatable bonds is 2. The lowest BCUT2D eigenvalue weighted by Crippen LogP contribution is -2.17. The van der Waals surface area contributed by atoms with Crippen LogP contribution < -0.4 is 0 Å². The number of hydrogen-bond acceptors (Lipinski definition) is 2. The number of nitrogens with zero attached hydrogens (tertiary/aromatic N) is 1. The summed E-state index contributed by atoms with van der Waals surface area (Å²) in [5.41, 5.74) is 3.14. The van der Waals surface area contributed by atoms with Crippen LogP contribution in [-0.4, -0.2) is 38.8 Å². The van der Waals surface area contributed by atoms with E-state index in [2.05, 4.69) is 25.9 Å². The number of hydrogen-bond donors (Lipinski definition) is 0. The van der Waals surface area contributed by atoms with Crippen LogP contribution in [0, 0.1) is 0 Å². The Morgan fingerprint density at radius 3 is 2.42 bits per heavy atom. The topological polar surface area (TPSA) is 12.5 Å². The zero-order valence-electron chi connectivity index (χ0n) is 8.39. The van der Waals surface area contributed by atoms with Crippen molar-refractivity contribution in [3.8, 4) is 0 Å². The molecule has 1 rings (SSSR count). The molecule has 1 aliphatic heterocycles. The maximum absolute atomic E-state index is 5.31. The van der Waals surface area contributed by atoms with E-state index in [0.29, 0.717) is 0 Å². The summed E-state index contributed by atoms with van der Waals surface area (Å²) in [5.74, 6) is 0. The minimum absolute atomic E-state index is 0.917. The summed E-state index contributed by atoms with van der Waals surface area (Å²) in [7, 11) is 4.23. The molecule has 0 saturated carbocycles. The second-order valence-electron chi connectivity index (χ2n) is 3.73. The highest BCUT2D eigenvalue weighted by atomic mass is 16.5. The van der Waals surface area contributed by atoms with Crippen molar-refractivity contribution in [2.45, 2.75) is 19.8 Å². The van der Waals surface area contributed by atoms with Crippen molar-refractivity contribution in [1.29, 1.82) is 0 Å². The Morgan fingerprint density at radius 1 is 1.33 bits per heavy atom. The molecule has 0 N–H and O–H groups in total. The first-order valence-corrected chi connectivity index (χ1v) is 4.60. The van der Waals surface area contributed by atoms with Crippen LogP contribution in [0.2, 0.25) is 0 Å². The second-order valence-corrected chi connectivity index (χ2v) is 3.73. The SMILES string of the molecule is CC(CN(C)C)=C1CCOCC1. The van der Waals surface area contributed by atoms with E-state index >= 15 is 0 Å². The second kappa shape index (κ2) is 4.63. The third-order valence-electron chi connectivity index (χ3n) is 2.25. The zero-order valence-corrected chi connectivity index (χ0v) is 8.39. The predicted molar refractivity (Wildman–Crippen MR) is 51.3 cm³/mol. The van der Waals surface area contributed by atoms with Gasteiger partial charge in [0, 0.05) is 6.54 Å². The van der Waals surface area contributed by atoms with Crippen LogP contribution in [0.25, 0.3) is 0 Å². The van der Waals surface area contributed by atoms with E-state index in [0.717, 1.165) is 32.6 Å². The van der Waals surface area contributed by atoms with Gasteiger partial charge in [0.25, 0.3) is 0 Å². The highest BCUT2D eigenvalue weighted by Crippen LogP contribution is 2.17. The zero-order chi connectivity index (χ0) is 8.97. The Kier molecular flexibility index (Phi) is 3.76. The molecule has 0 aromatic carbocycles. The number of likely N-dealkylation sites (N-methyl/N-ethyl adjacent to an activating group) is 1. The van der Waals surface area contributed by atoms with Crippen molar-refractivity contribution >= 4 is 0 Å². The van der Waals surface area contributed by atoms with Crippen LogP contribution in [0.1, 0.15) is 19.8 Å². The Labute approximate surface area is 75.2 Å². The van der Waals surface area contributed by atoms with E-state index in [9.17, 15) is 0 Å². The van der Waals surface area contributed by atoms with Crippen LogP contribution in [0.4, 0.5) is 0 Å². The van der Waals surface area contributed by atoms with Gasteiger partial charge in [0.2, 0.25) is 0 Å². The van der Waals surface area contributed by atoms with Gasteiger partial charge in [0.15, 0.2) is 0 Å². The fourth-order valence-electron chi connectivity index (χ4n) is 1.63. The molecule has 1 aliphatic rings. The standard InChI is InChI=1S/C10H19NO/c1-9(8-11(2)3)10-4-6-12-7-5-10/h4-8H2,1-3H3. The molecule has 0 atom stereocenters. The fraction of sp³-hybridized carbons (Fsp3) is 0.800. The van der Waals surface area contributed by atoms with Crippen molar-refractivity contribution in [2.75, 3.05) is 33.9 Å². The summed E-state index contributed by atoms with van der Waals surface area (Å²) in [5, 5.41) is 0. The number of ether oxygens (including phenoxy) is 1. The molecular weight excluding hydrogens is 150 g/mol. The van der Waals surface area contributed by atoms with Crippen LogP contribution in [0.3, 0.4) is 0 Å². The van der Waals surface area contributed by atoms with Gasteiger partial charge < -0.3 is 9.64 Å². The van der Waals surface area contributed by atoms with Crippen LogP contribution in [0.5, 0.6) is 0 Å². The molecule has 1 fully saturated rings. The lowest BCUT2D eigenvalue weighted by molar-refractivity contribution is 0.118. The molecule has 0 aromatic rings. The quantitative estimate of drug-likeness (QED) is 0.583. The van der Waals surface area contributed by atoms with E-state index in [1.165, 1.54) is 5.57 Å². The van der Waals surface area contributed by atoms with E-state index < -0.39 is 0 Å². The molecule has 12 heavy (non-hydrogen) atoms. The molecule has 0 aliphatic carbocycles. The van der Waals surface area contributed by atoms with Crippen molar-refractivity contribution in [1.82, 2.24) is 4.90 Å². The molecule has 0 spiro atoms. The Morgan fingerprint density at radius 2 is 1.92 bits per heavy atom. The molecule has 1 saturated heterocycles.